The number of hydrogen-bond acceptors (Lipinski definition) is 13. The normalized spacial score (nSPS) is 19.1. The van der Waals surface area contributed by atoms with Gasteiger partial charge in [-0.25, -0.2) is 9.97 Å². The minimum atomic E-state index is -0.730. The van der Waals surface area contributed by atoms with Crippen LogP contribution >= 0.6 is 12.4 Å². The van der Waals surface area contributed by atoms with E-state index in [-0.39, 0.29) is 79.9 Å². The highest BCUT2D eigenvalue weighted by molar-refractivity contribution is 6.07. The van der Waals surface area contributed by atoms with E-state index in [2.05, 4.69) is 44.6 Å². The van der Waals surface area contributed by atoms with E-state index in [4.69, 9.17) is 14.5 Å². The Bertz CT molecular complexity index is 2230. The minimum Gasteiger partial charge on any atom is -0.496 e. The van der Waals surface area contributed by atoms with Crippen LogP contribution in [0.2, 0.25) is 0 Å². The van der Waals surface area contributed by atoms with Crippen LogP contribution in [0.3, 0.4) is 0 Å². The van der Waals surface area contributed by atoms with Gasteiger partial charge >= 0.3 is 0 Å². The van der Waals surface area contributed by atoms with E-state index >= 15 is 0 Å². The topological polar surface area (TPSA) is 196 Å². The average molecular weight is 902 g/mol. The molecule has 4 aliphatic heterocycles. The molecular weight excluding hydrogens is 842 g/mol. The van der Waals surface area contributed by atoms with Crippen molar-refractivity contribution in [2.75, 3.05) is 75.2 Å². The number of likely N-dealkylation sites (tertiary alicyclic amines) is 1. The van der Waals surface area contributed by atoms with Crippen molar-refractivity contribution in [3.63, 3.8) is 0 Å². The Kier molecular flexibility index (Phi) is 16.1. The van der Waals surface area contributed by atoms with Crippen LogP contribution in [0.15, 0.2) is 42.6 Å². The zero-order valence-corrected chi connectivity index (χ0v) is 38.1. The van der Waals surface area contributed by atoms with Crippen LogP contribution in [0.1, 0.15) is 97.0 Å². The number of piperidine rings is 2. The summed E-state index contributed by atoms with van der Waals surface area (Å²) in [5.74, 6) is 0.952. The molecule has 18 heteroatoms. The molecule has 3 N–H and O–H groups in total. The summed E-state index contributed by atoms with van der Waals surface area (Å²) in [6, 6.07) is 9.76. The smallest absolute Gasteiger partial charge is 0.255 e. The molecule has 4 aliphatic rings. The Morgan fingerprint density at radius 2 is 1.81 bits per heavy atom. The van der Waals surface area contributed by atoms with Gasteiger partial charge in [0.2, 0.25) is 23.6 Å². The van der Waals surface area contributed by atoms with E-state index < -0.39 is 11.9 Å². The summed E-state index contributed by atoms with van der Waals surface area (Å²) in [6.45, 7) is 10.5. The summed E-state index contributed by atoms with van der Waals surface area (Å²) in [5, 5.41) is 8.52. The molecule has 0 spiro atoms. The van der Waals surface area contributed by atoms with Crippen LogP contribution in [0.4, 0.5) is 17.2 Å². The number of likely N-dealkylation sites (N-methyl/N-ethyl adjacent to an activating group) is 1. The highest BCUT2D eigenvalue weighted by Crippen LogP contribution is 2.37. The van der Waals surface area contributed by atoms with Gasteiger partial charge < -0.3 is 39.7 Å². The first-order valence-electron chi connectivity index (χ1n) is 22.1. The largest absolute Gasteiger partial charge is 0.496 e. The third-order valence-corrected chi connectivity index (χ3v) is 12.6. The molecule has 1 aromatic heterocycles. The molecule has 0 radical (unpaired) electrons. The number of halogens is 1. The molecule has 2 atom stereocenters. The first-order valence-corrected chi connectivity index (χ1v) is 22.1. The standard InChI is InChI=1S/C46H59N9O8.ClH/c1-6-35-46(61)52(4)37-25-48-40(50-43(37)55(35)28(2)3)24-31-11-10-30(23-39(31)62-5)38(56)22-29-14-18-53(19-15-29)20-16-47-17-21-63-27-42(58)49-34-9-7-8-32-33(34)26-54(45(32)60)36-12-13-41(57)51-44(36)59;/h7-11,23,25,28-29,35-36,47H,6,12-22,24,26-27H2,1-5H3,(H,49,58)(H,51,57,59);1H/t35-,36?;/m1./s1. The Labute approximate surface area is 380 Å². The van der Waals surface area contributed by atoms with Gasteiger partial charge in [-0.2, -0.15) is 0 Å². The molecule has 17 nitrogen and oxygen atoms in total. The van der Waals surface area contributed by atoms with E-state index in [0.29, 0.717) is 78.0 Å². The van der Waals surface area contributed by atoms with E-state index in [1.807, 2.05) is 25.1 Å². The van der Waals surface area contributed by atoms with Crippen molar-refractivity contribution in [1.29, 1.82) is 0 Å². The fraction of sp³-hybridized carbons (Fsp3) is 0.522. The van der Waals surface area contributed by atoms with Crippen LogP contribution in [-0.4, -0.2) is 133 Å². The third kappa shape index (κ3) is 10.7. The molecule has 7 rings (SSSR count). The fourth-order valence-electron chi connectivity index (χ4n) is 9.09. The van der Waals surface area contributed by atoms with E-state index in [0.717, 1.165) is 50.4 Å². The number of aromatic nitrogens is 2. The van der Waals surface area contributed by atoms with Gasteiger partial charge in [-0.05, 0) is 76.7 Å². The number of hydrogen-bond donors (Lipinski definition) is 3. The number of Topliss-reactive ketones (excluding diaryl/α,β-unsaturated/α-hetero) is 1. The van der Waals surface area contributed by atoms with Gasteiger partial charge in [0.25, 0.3) is 5.91 Å². The summed E-state index contributed by atoms with van der Waals surface area (Å²) < 4.78 is 11.4. The molecule has 0 aliphatic carbocycles. The molecule has 1 unspecified atom stereocenters. The Morgan fingerprint density at radius 1 is 1.03 bits per heavy atom. The number of nitrogens with zero attached hydrogens (tertiary/aromatic N) is 6. The number of ether oxygens (including phenoxy) is 2. The Hall–Kier alpha value is -5.49. The second-order valence-corrected chi connectivity index (χ2v) is 17.0. The predicted molar refractivity (Wildman–Crippen MR) is 243 cm³/mol. The number of ketones is 1. The summed E-state index contributed by atoms with van der Waals surface area (Å²) in [6.07, 6.45) is 5.61. The maximum absolute atomic E-state index is 13.5. The lowest BCUT2D eigenvalue weighted by Gasteiger charge is -2.42. The minimum absolute atomic E-state index is 0. The second kappa shape index (κ2) is 21.5. The van der Waals surface area contributed by atoms with Crippen molar-refractivity contribution in [2.24, 2.45) is 5.92 Å². The maximum Gasteiger partial charge on any atom is 0.255 e. The summed E-state index contributed by atoms with van der Waals surface area (Å²) >= 11 is 0. The number of fused-ring (bicyclic) bond motifs is 2. The van der Waals surface area contributed by atoms with Crippen molar-refractivity contribution in [3.05, 3.63) is 70.7 Å². The maximum atomic E-state index is 13.5. The summed E-state index contributed by atoms with van der Waals surface area (Å²) in [4.78, 5) is 93.4. The average Bonchev–Trinajstić information content (AvgIpc) is 3.61. The third-order valence-electron chi connectivity index (χ3n) is 12.6. The highest BCUT2D eigenvalue weighted by atomic mass is 35.5. The molecule has 0 bridgehead atoms. The molecule has 2 fully saturated rings. The first kappa shape index (κ1) is 48.0. The molecule has 0 saturated carbocycles. The van der Waals surface area contributed by atoms with E-state index in [9.17, 15) is 28.8 Å². The lowest BCUT2D eigenvalue weighted by Crippen LogP contribution is -2.55. The molecular formula is C46H60ClN9O8. The molecule has 3 aromatic rings. The van der Waals surface area contributed by atoms with Crippen molar-refractivity contribution in [2.45, 2.75) is 90.4 Å². The summed E-state index contributed by atoms with van der Waals surface area (Å²) in [7, 11) is 3.38. The van der Waals surface area contributed by atoms with Gasteiger partial charge in [-0.1, -0.05) is 25.1 Å². The van der Waals surface area contributed by atoms with E-state index in [1.165, 1.54) is 4.90 Å². The first-order chi connectivity index (χ1) is 30.4. The molecule has 2 saturated heterocycles. The van der Waals surface area contributed by atoms with Crippen LogP contribution in [0, 0.1) is 5.92 Å². The zero-order valence-electron chi connectivity index (χ0n) is 37.3. The molecule has 344 valence electrons. The lowest BCUT2D eigenvalue weighted by molar-refractivity contribution is -0.137. The van der Waals surface area contributed by atoms with Gasteiger partial charge in [-0.3, -0.25) is 34.1 Å². The quantitative estimate of drug-likeness (QED) is 0.0950. The second-order valence-electron chi connectivity index (χ2n) is 17.0. The number of rotatable bonds is 18. The summed E-state index contributed by atoms with van der Waals surface area (Å²) in [5.41, 5.74) is 3.76. The number of amides is 5. The molecule has 5 heterocycles. The monoisotopic (exact) mass is 901 g/mol. The molecule has 5 amide bonds. The molecule has 2 aromatic carbocycles. The SMILES string of the molecule is CC[C@@H]1C(=O)N(C)c2cnc(Cc3ccc(C(=O)CC4CCN(CCNCCOCC(=O)Nc5cccc6c5CN(C5CCC(=O)NC5=O)C6=O)CC4)cc3OC)nc2N1C(C)C.Cl. The Balaban J connectivity index is 0.00000680. The number of carbonyl (C=O) groups excluding carboxylic acids is 6. The van der Waals surface area contributed by atoms with Gasteiger partial charge in [0.15, 0.2) is 11.6 Å². The van der Waals surface area contributed by atoms with Crippen molar-refractivity contribution in [1.82, 2.24) is 30.4 Å². The lowest BCUT2D eigenvalue weighted by atomic mass is 9.89. The van der Waals surface area contributed by atoms with Crippen LogP contribution in [-0.2, 0) is 36.9 Å². The zero-order chi connectivity index (χ0) is 44.8. The number of imide groups is 1. The van der Waals surface area contributed by atoms with Crippen LogP contribution < -0.4 is 30.5 Å². The number of benzene rings is 2. The number of anilines is 3. The van der Waals surface area contributed by atoms with Crippen LogP contribution in [0.5, 0.6) is 5.75 Å². The van der Waals surface area contributed by atoms with Crippen molar-refractivity contribution >= 4 is 64.9 Å². The number of methoxy groups -OCH3 is 1. The molecule has 64 heavy (non-hydrogen) atoms. The number of carbonyl (C=O) groups is 6. The van der Waals surface area contributed by atoms with Gasteiger partial charge in [0.05, 0.1) is 19.9 Å². The van der Waals surface area contributed by atoms with Crippen molar-refractivity contribution in [3.8, 4) is 5.75 Å². The Morgan fingerprint density at radius 3 is 2.53 bits per heavy atom. The van der Waals surface area contributed by atoms with E-state index in [1.54, 1.807) is 43.5 Å². The van der Waals surface area contributed by atoms with Crippen molar-refractivity contribution < 1.29 is 38.2 Å². The van der Waals surface area contributed by atoms with Gasteiger partial charge in [-0.15, -0.1) is 12.4 Å². The van der Waals surface area contributed by atoms with Crippen LogP contribution in [0.25, 0.3) is 0 Å². The predicted octanol–water partition coefficient (Wildman–Crippen LogP) is 3.76. The van der Waals surface area contributed by atoms with Gasteiger partial charge in [0, 0.05) is 86.5 Å². The fourth-order valence-corrected chi connectivity index (χ4v) is 9.09. The van der Waals surface area contributed by atoms with Gasteiger partial charge in [0.1, 0.15) is 36.0 Å². The number of nitrogens with one attached hydrogen (secondary N) is 3. The highest BCUT2D eigenvalue weighted by Gasteiger charge is 2.41.